The molecule has 0 saturated carbocycles. The van der Waals surface area contributed by atoms with Crippen LogP contribution in [0.25, 0.3) is 11.4 Å². The highest BCUT2D eigenvalue weighted by atomic mass is 16.5. The maximum Gasteiger partial charge on any atom is 0.260 e. The molecular weight excluding hydrogens is 354 g/mol. The van der Waals surface area contributed by atoms with Crippen LogP contribution in [-0.4, -0.2) is 34.6 Å². The predicted molar refractivity (Wildman–Crippen MR) is 107 cm³/mol. The summed E-state index contributed by atoms with van der Waals surface area (Å²) in [6, 6.07) is 17.3. The van der Waals surface area contributed by atoms with E-state index in [1.54, 1.807) is 7.05 Å². The van der Waals surface area contributed by atoms with Crippen molar-refractivity contribution in [3.8, 4) is 17.1 Å². The summed E-state index contributed by atoms with van der Waals surface area (Å²) >= 11 is 0. The predicted octanol–water partition coefficient (Wildman–Crippen LogP) is 4.07. The van der Waals surface area contributed by atoms with Crippen LogP contribution in [0.4, 0.5) is 0 Å². The highest BCUT2D eigenvalue weighted by molar-refractivity contribution is 5.77. The molecule has 0 aliphatic carbocycles. The van der Waals surface area contributed by atoms with Gasteiger partial charge in [-0.15, -0.1) is 0 Å². The second-order valence-corrected chi connectivity index (χ2v) is 7.66. The summed E-state index contributed by atoms with van der Waals surface area (Å²) in [5.74, 6) is 1.45. The number of ether oxygens (including phenoxy) is 1. The van der Waals surface area contributed by atoms with Gasteiger partial charge in [0, 0.05) is 12.6 Å². The van der Waals surface area contributed by atoms with Crippen molar-refractivity contribution in [1.82, 2.24) is 15.0 Å². The van der Waals surface area contributed by atoms with Gasteiger partial charge < -0.3 is 14.2 Å². The molecule has 0 bridgehead atoms. The lowest BCUT2D eigenvalue weighted by atomic mass is 9.86. The molecule has 3 aromatic rings. The van der Waals surface area contributed by atoms with Crippen LogP contribution in [0.5, 0.6) is 5.75 Å². The van der Waals surface area contributed by atoms with E-state index >= 15 is 0 Å². The minimum absolute atomic E-state index is 0.0523. The van der Waals surface area contributed by atoms with Gasteiger partial charge in [-0.1, -0.05) is 74.5 Å². The third-order valence-corrected chi connectivity index (χ3v) is 4.34. The number of carbonyl (C=O) groups is 1. The first-order valence-electron chi connectivity index (χ1n) is 9.19. The highest BCUT2D eigenvalue weighted by Gasteiger charge is 2.20. The number of rotatable bonds is 6. The third kappa shape index (κ3) is 4.76. The van der Waals surface area contributed by atoms with E-state index in [9.17, 15) is 4.79 Å². The van der Waals surface area contributed by atoms with Gasteiger partial charge in [-0.05, 0) is 17.0 Å². The Bertz CT molecular complexity index is 929. The van der Waals surface area contributed by atoms with Gasteiger partial charge in [0.05, 0.1) is 6.54 Å². The number of likely N-dealkylation sites (N-methyl/N-ethyl adjacent to an activating group) is 1. The molecule has 0 saturated heterocycles. The fourth-order valence-corrected chi connectivity index (χ4v) is 2.78. The van der Waals surface area contributed by atoms with Gasteiger partial charge in [0.25, 0.3) is 5.91 Å². The molecule has 0 aliphatic heterocycles. The number of hydrogen-bond donors (Lipinski definition) is 0. The van der Waals surface area contributed by atoms with E-state index in [2.05, 4.69) is 30.9 Å². The Morgan fingerprint density at radius 3 is 2.46 bits per heavy atom. The first kappa shape index (κ1) is 19.6. The van der Waals surface area contributed by atoms with Gasteiger partial charge in [0.2, 0.25) is 11.7 Å². The van der Waals surface area contributed by atoms with E-state index in [1.807, 2.05) is 54.6 Å². The quantitative estimate of drug-likeness (QED) is 0.646. The Morgan fingerprint density at radius 1 is 1.07 bits per heavy atom. The molecule has 0 N–H and O–H groups in total. The minimum Gasteiger partial charge on any atom is -0.483 e. The van der Waals surface area contributed by atoms with Crippen molar-refractivity contribution in [3.63, 3.8) is 0 Å². The molecule has 146 valence electrons. The number of amides is 1. The van der Waals surface area contributed by atoms with Crippen molar-refractivity contribution in [3.05, 3.63) is 66.1 Å². The number of carbonyl (C=O) groups excluding carboxylic acids is 1. The fraction of sp³-hybridized carbons (Fsp3) is 0.318. The number of para-hydroxylation sites is 1. The van der Waals surface area contributed by atoms with Crippen molar-refractivity contribution in [2.75, 3.05) is 13.7 Å². The van der Waals surface area contributed by atoms with Crippen LogP contribution < -0.4 is 4.74 Å². The third-order valence-electron chi connectivity index (χ3n) is 4.34. The first-order chi connectivity index (χ1) is 13.3. The molecule has 1 aromatic heterocycles. The molecule has 1 heterocycles. The van der Waals surface area contributed by atoms with E-state index in [1.165, 1.54) is 4.90 Å². The van der Waals surface area contributed by atoms with Crippen LogP contribution in [0.3, 0.4) is 0 Å². The Balaban J connectivity index is 1.60. The van der Waals surface area contributed by atoms with Crippen molar-refractivity contribution in [1.29, 1.82) is 0 Å². The number of aromatic nitrogens is 2. The maximum atomic E-state index is 12.5. The van der Waals surface area contributed by atoms with E-state index < -0.39 is 0 Å². The van der Waals surface area contributed by atoms with Crippen molar-refractivity contribution in [2.24, 2.45) is 0 Å². The number of benzene rings is 2. The summed E-state index contributed by atoms with van der Waals surface area (Å²) in [6.45, 7) is 6.52. The van der Waals surface area contributed by atoms with Crippen LogP contribution in [0.2, 0.25) is 0 Å². The zero-order valence-corrected chi connectivity index (χ0v) is 16.7. The summed E-state index contributed by atoms with van der Waals surface area (Å²) in [6.07, 6.45) is 0. The van der Waals surface area contributed by atoms with E-state index in [0.717, 1.165) is 16.9 Å². The maximum absolute atomic E-state index is 12.5. The summed E-state index contributed by atoms with van der Waals surface area (Å²) in [7, 11) is 1.69. The van der Waals surface area contributed by atoms with Gasteiger partial charge >= 0.3 is 0 Å². The monoisotopic (exact) mass is 379 g/mol. The molecule has 0 unspecified atom stereocenters. The molecule has 0 fully saturated rings. The summed E-state index contributed by atoms with van der Waals surface area (Å²) < 4.78 is 11.1. The van der Waals surface area contributed by atoms with Crippen LogP contribution >= 0.6 is 0 Å². The Labute approximate surface area is 165 Å². The largest absolute Gasteiger partial charge is 0.483 e. The van der Waals surface area contributed by atoms with Crippen molar-refractivity contribution >= 4 is 5.91 Å². The van der Waals surface area contributed by atoms with Crippen LogP contribution in [0.1, 0.15) is 32.2 Å². The normalized spacial score (nSPS) is 11.3. The second kappa shape index (κ2) is 8.25. The molecule has 0 radical (unpaired) electrons. The van der Waals surface area contributed by atoms with Crippen molar-refractivity contribution in [2.45, 2.75) is 32.7 Å². The lowest BCUT2D eigenvalue weighted by Gasteiger charge is -2.23. The van der Waals surface area contributed by atoms with Gasteiger partial charge in [-0.2, -0.15) is 4.98 Å². The highest BCUT2D eigenvalue weighted by Crippen LogP contribution is 2.30. The first-order valence-corrected chi connectivity index (χ1v) is 9.19. The SMILES string of the molecule is CN(Cc1nc(-c2ccccc2)no1)C(=O)COc1ccccc1C(C)(C)C. The molecule has 28 heavy (non-hydrogen) atoms. The molecule has 1 amide bonds. The molecule has 3 rings (SSSR count). The standard InChI is InChI=1S/C22H25N3O3/c1-22(2,3)17-12-8-9-13-18(17)27-15-20(26)25(4)14-19-23-21(24-28-19)16-10-6-5-7-11-16/h5-13H,14-15H2,1-4H3. The van der Waals surface area contributed by atoms with Gasteiger partial charge in [-0.3, -0.25) is 4.79 Å². The Morgan fingerprint density at radius 2 is 1.75 bits per heavy atom. The minimum atomic E-state index is -0.164. The molecule has 0 atom stereocenters. The molecule has 6 nitrogen and oxygen atoms in total. The molecule has 2 aromatic carbocycles. The molecular formula is C22H25N3O3. The summed E-state index contributed by atoms with van der Waals surface area (Å²) in [4.78, 5) is 18.3. The Kier molecular flexibility index (Phi) is 5.78. The van der Waals surface area contributed by atoms with Gasteiger partial charge in [0.15, 0.2) is 6.61 Å². The number of nitrogens with zero attached hydrogens (tertiary/aromatic N) is 3. The van der Waals surface area contributed by atoms with Crippen LogP contribution in [0.15, 0.2) is 59.1 Å². The summed E-state index contributed by atoms with van der Waals surface area (Å²) in [5, 5.41) is 3.98. The van der Waals surface area contributed by atoms with Crippen LogP contribution in [-0.2, 0) is 16.8 Å². The fourth-order valence-electron chi connectivity index (χ4n) is 2.78. The topological polar surface area (TPSA) is 68.5 Å². The zero-order valence-electron chi connectivity index (χ0n) is 16.7. The van der Waals surface area contributed by atoms with E-state index in [4.69, 9.17) is 9.26 Å². The average molecular weight is 379 g/mol. The lowest BCUT2D eigenvalue weighted by Crippen LogP contribution is -2.31. The van der Waals surface area contributed by atoms with E-state index in [-0.39, 0.29) is 24.5 Å². The smallest absolute Gasteiger partial charge is 0.260 e. The lowest BCUT2D eigenvalue weighted by molar-refractivity contribution is -0.132. The van der Waals surface area contributed by atoms with Gasteiger partial charge in [-0.25, -0.2) is 0 Å². The summed E-state index contributed by atoms with van der Waals surface area (Å²) in [5.41, 5.74) is 1.87. The Hall–Kier alpha value is -3.15. The molecule has 0 spiro atoms. The zero-order chi connectivity index (χ0) is 20.1. The molecule has 6 heteroatoms. The average Bonchev–Trinajstić information content (AvgIpc) is 3.14. The van der Waals surface area contributed by atoms with Crippen LogP contribution in [0, 0.1) is 0 Å². The number of hydrogen-bond acceptors (Lipinski definition) is 5. The molecule has 0 aliphatic rings. The van der Waals surface area contributed by atoms with Crippen molar-refractivity contribution < 1.29 is 14.1 Å². The second-order valence-electron chi connectivity index (χ2n) is 7.66. The van der Waals surface area contributed by atoms with E-state index in [0.29, 0.717) is 11.7 Å². The van der Waals surface area contributed by atoms with Gasteiger partial charge in [0.1, 0.15) is 5.75 Å².